The standard InChI is InChI=1S/C13H14ClNO3S2/c1-9-7-11(20(14,16)17)3-4-12(9)18-6-5-13-10(2)15-8-19-13/h3-4,7-8H,5-6H2,1-2H3. The van der Waals surface area contributed by atoms with Gasteiger partial charge in [0.1, 0.15) is 5.75 Å². The van der Waals surface area contributed by atoms with E-state index in [0.29, 0.717) is 12.4 Å². The third kappa shape index (κ3) is 3.71. The number of thiazole rings is 1. The van der Waals surface area contributed by atoms with Crippen LogP contribution in [0.2, 0.25) is 0 Å². The van der Waals surface area contributed by atoms with Crippen LogP contribution in [0.3, 0.4) is 0 Å². The molecule has 2 aromatic rings. The summed E-state index contributed by atoms with van der Waals surface area (Å²) in [6, 6.07) is 4.59. The minimum absolute atomic E-state index is 0.0855. The van der Waals surface area contributed by atoms with Gasteiger partial charge in [0, 0.05) is 22.0 Å². The van der Waals surface area contributed by atoms with Gasteiger partial charge in [-0.25, -0.2) is 13.4 Å². The van der Waals surface area contributed by atoms with E-state index in [-0.39, 0.29) is 4.90 Å². The smallest absolute Gasteiger partial charge is 0.261 e. The largest absolute Gasteiger partial charge is 0.493 e. The van der Waals surface area contributed by atoms with Crippen molar-refractivity contribution in [3.63, 3.8) is 0 Å². The Morgan fingerprint density at radius 2 is 2.10 bits per heavy atom. The summed E-state index contributed by atoms with van der Waals surface area (Å²) >= 11 is 1.61. The van der Waals surface area contributed by atoms with Crippen molar-refractivity contribution in [1.29, 1.82) is 0 Å². The molecule has 0 radical (unpaired) electrons. The summed E-state index contributed by atoms with van der Waals surface area (Å²) in [6.45, 7) is 4.28. The molecular formula is C13H14ClNO3S2. The molecule has 0 amide bonds. The number of nitrogens with zero attached hydrogens (tertiary/aromatic N) is 1. The lowest BCUT2D eigenvalue weighted by molar-refractivity contribution is 0.320. The third-order valence-corrected chi connectivity index (χ3v) is 5.21. The second-order valence-corrected chi connectivity index (χ2v) is 7.83. The van der Waals surface area contributed by atoms with Gasteiger partial charge in [-0.05, 0) is 37.6 Å². The highest BCUT2D eigenvalue weighted by atomic mass is 35.7. The molecule has 20 heavy (non-hydrogen) atoms. The summed E-state index contributed by atoms with van der Waals surface area (Å²) in [5.74, 6) is 0.663. The van der Waals surface area contributed by atoms with E-state index in [4.69, 9.17) is 15.4 Å². The highest BCUT2D eigenvalue weighted by Gasteiger charge is 2.12. The van der Waals surface area contributed by atoms with Crippen LogP contribution in [-0.4, -0.2) is 20.0 Å². The molecule has 0 spiro atoms. The van der Waals surface area contributed by atoms with E-state index in [9.17, 15) is 8.42 Å². The predicted octanol–water partition coefficient (Wildman–Crippen LogP) is 3.31. The molecule has 2 rings (SSSR count). The molecule has 1 aromatic carbocycles. The number of aryl methyl sites for hydroxylation is 2. The zero-order valence-electron chi connectivity index (χ0n) is 11.1. The number of rotatable bonds is 5. The Morgan fingerprint density at radius 1 is 1.35 bits per heavy atom. The fourth-order valence-corrected chi connectivity index (χ4v) is 3.35. The molecule has 4 nitrogen and oxygen atoms in total. The second kappa shape index (κ2) is 6.11. The van der Waals surface area contributed by atoms with Gasteiger partial charge in [-0.2, -0.15) is 0 Å². The minimum Gasteiger partial charge on any atom is -0.493 e. The topological polar surface area (TPSA) is 56.3 Å². The first kappa shape index (κ1) is 15.3. The Hall–Kier alpha value is -1.11. The lowest BCUT2D eigenvalue weighted by Gasteiger charge is -2.09. The van der Waals surface area contributed by atoms with Crippen molar-refractivity contribution >= 4 is 31.1 Å². The predicted molar refractivity (Wildman–Crippen MR) is 80.3 cm³/mol. The molecule has 0 N–H and O–H groups in total. The highest BCUT2D eigenvalue weighted by molar-refractivity contribution is 8.13. The monoisotopic (exact) mass is 331 g/mol. The van der Waals surface area contributed by atoms with Gasteiger partial charge in [0.15, 0.2) is 0 Å². The Kier molecular flexibility index (Phi) is 4.67. The molecule has 0 atom stereocenters. The van der Waals surface area contributed by atoms with E-state index < -0.39 is 9.05 Å². The molecule has 0 saturated heterocycles. The van der Waals surface area contributed by atoms with Gasteiger partial charge in [0.05, 0.1) is 22.7 Å². The summed E-state index contributed by atoms with van der Waals surface area (Å²) < 4.78 is 28.1. The van der Waals surface area contributed by atoms with Gasteiger partial charge >= 0.3 is 0 Å². The van der Waals surface area contributed by atoms with Crippen molar-refractivity contribution in [2.75, 3.05) is 6.61 Å². The van der Waals surface area contributed by atoms with Crippen LogP contribution >= 0.6 is 22.0 Å². The van der Waals surface area contributed by atoms with Crippen molar-refractivity contribution in [3.05, 3.63) is 39.8 Å². The molecule has 1 aromatic heterocycles. The first-order valence-electron chi connectivity index (χ1n) is 5.95. The highest BCUT2D eigenvalue weighted by Crippen LogP contribution is 2.24. The summed E-state index contributed by atoms with van der Waals surface area (Å²) in [7, 11) is 1.60. The number of aromatic nitrogens is 1. The molecule has 1 heterocycles. The maximum Gasteiger partial charge on any atom is 0.261 e. The average molecular weight is 332 g/mol. The normalized spacial score (nSPS) is 11.6. The van der Waals surface area contributed by atoms with Crippen molar-refractivity contribution in [3.8, 4) is 5.75 Å². The molecule has 0 saturated carbocycles. The van der Waals surface area contributed by atoms with E-state index in [2.05, 4.69) is 4.98 Å². The molecule has 0 fully saturated rings. The van der Waals surface area contributed by atoms with Crippen molar-refractivity contribution in [1.82, 2.24) is 4.98 Å². The fourth-order valence-electron chi connectivity index (χ4n) is 1.76. The van der Waals surface area contributed by atoms with Gasteiger partial charge in [-0.3, -0.25) is 0 Å². The third-order valence-electron chi connectivity index (χ3n) is 2.86. The number of benzene rings is 1. The molecule has 0 aliphatic carbocycles. The fraction of sp³-hybridized carbons (Fsp3) is 0.308. The van der Waals surface area contributed by atoms with Gasteiger partial charge in [-0.15, -0.1) is 11.3 Å². The Labute approximate surface area is 126 Å². The molecule has 0 unspecified atom stereocenters. The van der Waals surface area contributed by atoms with Gasteiger partial charge in [0.2, 0.25) is 0 Å². The van der Waals surface area contributed by atoms with Gasteiger partial charge < -0.3 is 4.74 Å². The first-order chi connectivity index (χ1) is 9.38. The van der Waals surface area contributed by atoms with E-state index in [1.807, 2.05) is 12.4 Å². The molecule has 7 heteroatoms. The van der Waals surface area contributed by atoms with Crippen LogP contribution in [0.25, 0.3) is 0 Å². The maximum atomic E-state index is 11.2. The Balaban J connectivity index is 2.02. The maximum absolute atomic E-state index is 11.2. The minimum atomic E-state index is -3.69. The number of hydrogen-bond donors (Lipinski definition) is 0. The van der Waals surface area contributed by atoms with E-state index >= 15 is 0 Å². The van der Waals surface area contributed by atoms with Crippen molar-refractivity contribution in [2.24, 2.45) is 0 Å². The van der Waals surface area contributed by atoms with Gasteiger partial charge in [-0.1, -0.05) is 0 Å². The summed E-state index contributed by atoms with van der Waals surface area (Å²) in [4.78, 5) is 5.46. The van der Waals surface area contributed by atoms with Crippen LogP contribution in [0.1, 0.15) is 16.1 Å². The molecule has 0 aliphatic heterocycles. The number of ether oxygens (including phenoxy) is 1. The van der Waals surface area contributed by atoms with Gasteiger partial charge in [0.25, 0.3) is 9.05 Å². The lowest BCUT2D eigenvalue weighted by atomic mass is 10.2. The summed E-state index contributed by atoms with van der Waals surface area (Å²) in [5, 5.41) is 0. The van der Waals surface area contributed by atoms with Crippen LogP contribution in [0.5, 0.6) is 5.75 Å². The summed E-state index contributed by atoms with van der Waals surface area (Å²) in [6.07, 6.45) is 0.783. The van der Waals surface area contributed by atoms with E-state index in [1.165, 1.54) is 17.0 Å². The van der Waals surface area contributed by atoms with Crippen LogP contribution in [0, 0.1) is 13.8 Å². The number of halogens is 1. The zero-order chi connectivity index (χ0) is 14.8. The lowest BCUT2D eigenvalue weighted by Crippen LogP contribution is -2.03. The van der Waals surface area contributed by atoms with Crippen LogP contribution < -0.4 is 4.74 Å². The van der Waals surface area contributed by atoms with E-state index in [0.717, 1.165) is 17.7 Å². The molecule has 108 valence electrons. The molecule has 0 bridgehead atoms. The summed E-state index contributed by atoms with van der Waals surface area (Å²) in [5.41, 5.74) is 3.59. The van der Waals surface area contributed by atoms with E-state index in [1.54, 1.807) is 24.3 Å². The zero-order valence-corrected chi connectivity index (χ0v) is 13.5. The first-order valence-corrected chi connectivity index (χ1v) is 9.14. The number of hydrogen-bond acceptors (Lipinski definition) is 5. The van der Waals surface area contributed by atoms with Crippen molar-refractivity contribution in [2.45, 2.75) is 25.2 Å². The van der Waals surface area contributed by atoms with Crippen LogP contribution in [-0.2, 0) is 15.5 Å². The van der Waals surface area contributed by atoms with Crippen LogP contribution in [0.15, 0.2) is 28.6 Å². The Bertz CT molecular complexity index is 710. The molecule has 0 aliphatic rings. The SMILES string of the molecule is Cc1cc(S(=O)(=O)Cl)ccc1OCCc1scnc1C. The Morgan fingerprint density at radius 3 is 2.65 bits per heavy atom. The van der Waals surface area contributed by atoms with Crippen LogP contribution in [0.4, 0.5) is 0 Å². The van der Waals surface area contributed by atoms with Crippen molar-refractivity contribution < 1.29 is 13.2 Å². The second-order valence-electron chi connectivity index (χ2n) is 4.32. The average Bonchev–Trinajstić information content (AvgIpc) is 2.76. The quantitative estimate of drug-likeness (QED) is 0.789. The molecular weight excluding hydrogens is 318 g/mol.